The molecule has 0 unspecified atom stereocenters. The lowest BCUT2D eigenvalue weighted by Crippen LogP contribution is -2.50. The number of amides is 3. The largest absolute Gasteiger partial charge is 0.481 e. The summed E-state index contributed by atoms with van der Waals surface area (Å²) in [6, 6.07) is 16.1. The smallest absolute Gasteiger partial charge is 0.407 e. The molecule has 1 saturated carbocycles. The minimum Gasteiger partial charge on any atom is -0.481 e. The Balaban J connectivity index is 1.28. The normalized spacial score (nSPS) is 17.1. The number of aryl methyl sites for hydroxylation is 1. The maximum Gasteiger partial charge on any atom is 0.407 e. The van der Waals surface area contributed by atoms with E-state index in [2.05, 4.69) is 20.5 Å². The predicted octanol–water partition coefficient (Wildman–Crippen LogP) is 5.70. The number of nitrogens with two attached hydrogens (primary N) is 1. The number of H-pyrrole nitrogens is 1. The van der Waals surface area contributed by atoms with Crippen LogP contribution in [0.3, 0.4) is 0 Å². The SMILES string of the molecule is COc1ccc(-c2ccc(C[C@H](N)C(=O)N(C(=O)C3CCC(CNC(=O)OC(C)(C)C)CC3)c3ccc4cn[nH]c4c3)cc2)c(C)n1. The van der Waals surface area contributed by atoms with Gasteiger partial charge < -0.3 is 20.5 Å². The fourth-order valence-electron chi connectivity index (χ4n) is 6.05. The summed E-state index contributed by atoms with van der Waals surface area (Å²) in [4.78, 5) is 46.0. The zero-order chi connectivity index (χ0) is 33.7. The summed E-state index contributed by atoms with van der Waals surface area (Å²) in [5, 5.41) is 10.7. The van der Waals surface area contributed by atoms with E-state index in [0.29, 0.717) is 31.0 Å². The molecule has 1 aliphatic carbocycles. The van der Waals surface area contributed by atoms with Gasteiger partial charge in [0.2, 0.25) is 11.8 Å². The Kier molecular flexibility index (Phi) is 10.2. The van der Waals surface area contributed by atoms with Crippen molar-refractivity contribution in [2.24, 2.45) is 17.6 Å². The number of nitrogens with one attached hydrogen (secondary N) is 2. The fourth-order valence-corrected chi connectivity index (χ4v) is 6.05. The molecular formula is C36H44N6O5. The first-order valence-electron chi connectivity index (χ1n) is 16.1. The summed E-state index contributed by atoms with van der Waals surface area (Å²) in [6.45, 7) is 7.88. The van der Waals surface area contributed by atoms with Crippen LogP contribution < -0.4 is 20.7 Å². The molecular weight excluding hydrogens is 596 g/mol. The second-order valence-corrected chi connectivity index (χ2v) is 13.2. The molecule has 2 aromatic heterocycles. The summed E-state index contributed by atoms with van der Waals surface area (Å²) >= 11 is 0. The van der Waals surface area contributed by atoms with Gasteiger partial charge in [-0.3, -0.25) is 14.7 Å². The number of anilines is 1. The van der Waals surface area contributed by atoms with Crippen molar-refractivity contribution in [2.45, 2.75) is 71.4 Å². The van der Waals surface area contributed by atoms with Crippen LogP contribution in [0.2, 0.25) is 0 Å². The van der Waals surface area contributed by atoms with E-state index in [0.717, 1.165) is 46.1 Å². The number of aromatic nitrogens is 3. The Morgan fingerprint density at radius 3 is 2.43 bits per heavy atom. The van der Waals surface area contributed by atoms with Crippen LogP contribution in [0.4, 0.5) is 10.5 Å². The fraction of sp³-hybridized carbons (Fsp3) is 0.417. The molecule has 0 aliphatic heterocycles. The molecule has 0 spiro atoms. The number of alkyl carbamates (subject to hydrolysis) is 1. The average molecular weight is 641 g/mol. The Bertz CT molecular complexity index is 1720. The molecule has 248 valence electrons. The van der Waals surface area contributed by atoms with Crippen LogP contribution in [-0.2, 0) is 20.7 Å². The molecule has 11 nitrogen and oxygen atoms in total. The molecule has 2 aromatic carbocycles. The summed E-state index contributed by atoms with van der Waals surface area (Å²) in [5.74, 6) is -0.286. The molecule has 47 heavy (non-hydrogen) atoms. The lowest BCUT2D eigenvalue weighted by molar-refractivity contribution is -0.130. The number of imide groups is 1. The summed E-state index contributed by atoms with van der Waals surface area (Å²) in [6.07, 6.45) is 4.21. The van der Waals surface area contributed by atoms with Crippen LogP contribution in [0.15, 0.2) is 60.8 Å². The number of pyridine rings is 1. The van der Waals surface area contributed by atoms with Crippen LogP contribution in [0.25, 0.3) is 22.0 Å². The third-order valence-electron chi connectivity index (χ3n) is 8.56. The van der Waals surface area contributed by atoms with Gasteiger partial charge in [0.25, 0.3) is 5.91 Å². The maximum atomic E-state index is 14.1. The lowest BCUT2D eigenvalue weighted by Gasteiger charge is -2.32. The number of methoxy groups -OCH3 is 1. The average Bonchev–Trinajstić information content (AvgIpc) is 3.52. The van der Waals surface area contributed by atoms with Crippen LogP contribution >= 0.6 is 0 Å². The van der Waals surface area contributed by atoms with Crippen LogP contribution in [0.5, 0.6) is 5.88 Å². The van der Waals surface area contributed by atoms with Gasteiger partial charge in [-0.25, -0.2) is 14.7 Å². The van der Waals surface area contributed by atoms with Crippen LogP contribution in [-0.4, -0.2) is 58.4 Å². The Hall–Kier alpha value is -4.77. The van der Waals surface area contributed by atoms with E-state index in [1.807, 2.05) is 70.2 Å². The predicted molar refractivity (Wildman–Crippen MR) is 181 cm³/mol. The highest BCUT2D eigenvalue weighted by Crippen LogP contribution is 2.32. The van der Waals surface area contributed by atoms with E-state index in [4.69, 9.17) is 15.2 Å². The lowest BCUT2D eigenvalue weighted by atomic mass is 9.81. The molecule has 5 rings (SSSR count). The van der Waals surface area contributed by atoms with Gasteiger partial charge in [0.05, 0.1) is 30.6 Å². The van der Waals surface area contributed by atoms with Gasteiger partial charge in [-0.15, -0.1) is 0 Å². The standard InChI is InChI=1S/C36H44N6O5/c1-22-29(16-17-32(40-22)46-5)25-10-6-23(7-11-25)18-30(37)34(44)42(28-15-14-27-21-39-41-31(27)19-28)33(43)26-12-8-24(9-13-26)20-38-35(45)47-36(2,3)4/h6-7,10-11,14-17,19,21,24,26,30H,8-9,12-13,18,20,37H2,1-5H3,(H,38,45)(H,39,41)/t24?,26?,30-/m0/s1. The van der Waals surface area contributed by atoms with Crippen molar-refractivity contribution in [1.29, 1.82) is 0 Å². The molecule has 1 atom stereocenters. The van der Waals surface area contributed by atoms with Crippen molar-refractivity contribution >= 4 is 34.5 Å². The molecule has 2 heterocycles. The number of rotatable bonds is 9. The zero-order valence-corrected chi connectivity index (χ0v) is 27.7. The maximum absolute atomic E-state index is 14.1. The number of carbonyl (C=O) groups is 3. The quantitative estimate of drug-likeness (QED) is 0.211. The number of benzene rings is 2. The Morgan fingerprint density at radius 2 is 1.77 bits per heavy atom. The van der Waals surface area contributed by atoms with Gasteiger partial charge in [-0.1, -0.05) is 24.3 Å². The second-order valence-electron chi connectivity index (χ2n) is 13.2. The van der Waals surface area contributed by atoms with Gasteiger partial charge in [0.1, 0.15) is 5.60 Å². The Morgan fingerprint density at radius 1 is 1.04 bits per heavy atom. The highest BCUT2D eigenvalue weighted by Gasteiger charge is 2.35. The number of nitrogens with zero attached hydrogens (tertiary/aromatic N) is 3. The van der Waals surface area contributed by atoms with Gasteiger partial charge in [-0.05, 0) is 101 Å². The number of ether oxygens (including phenoxy) is 2. The molecule has 4 N–H and O–H groups in total. The molecule has 1 aliphatic rings. The van der Waals surface area contributed by atoms with Gasteiger partial charge in [-0.2, -0.15) is 5.10 Å². The van der Waals surface area contributed by atoms with Crippen LogP contribution in [0, 0.1) is 18.8 Å². The third kappa shape index (κ3) is 8.34. The van der Waals surface area contributed by atoms with E-state index in [1.165, 1.54) is 4.90 Å². The third-order valence-corrected chi connectivity index (χ3v) is 8.56. The monoisotopic (exact) mass is 640 g/mol. The highest BCUT2D eigenvalue weighted by molar-refractivity contribution is 6.17. The summed E-state index contributed by atoms with van der Waals surface area (Å²) < 4.78 is 10.6. The number of hydrogen-bond acceptors (Lipinski definition) is 8. The summed E-state index contributed by atoms with van der Waals surface area (Å²) in [5.41, 5.74) is 10.9. The van der Waals surface area contributed by atoms with Gasteiger partial charge >= 0.3 is 6.09 Å². The minimum absolute atomic E-state index is 0.222. The zero-order valence-electron chi connectivity index (χ0n) is 27.7. The number of aromatic amines is 1. The van der Waals surface area contributed by atoms with Crippen molar-refractivity contribution in [3.8, 4) is 17.0 Å². The van der Waals surface area contributed by atoms with E-state index < -0.39 is 23.6 Å². The van der Waals surface area contributed by atoms with Crippen molar-refractivity contribution in [1.82, 2.24) is 20.5 Å². The van der Waals surface area contributed by atoms with E-state index in [9.17, 15) is 14.4 Å². The van der Waals surface area contributed by atoms with E-state index in [1.54, 1.807) is 25.4 Å². The van der Waals surface area contributed by atoms with Crippen molar-refractivity contribution in [3.63, 3.8) is 0 Å². The number of fused-ring (bicyclic) bond motifs is 1. The van der Waals surface area contributed by atoms with Crippen molar-refractivity contribution in [2.75, 3.05) is 18.6 Å². The van der Waals surface area contributed by atoms with E-state index >= 15 is 0 Å². The molecule has 0 bridgehead atoms. The first-order valence-corrected chi connectivity index (χ1v) is 16.1. The number of hydrogen-bond donors (Lipinski definition) is 3. The summed E-state index contributed by atoms with van der Waals surface area (Å²) in [7, 11) is 1.59. The van der Waals surface area contributed by atoms with Crippen molar-refractivity contribution < 1.29 is 23.9 Å². The highest BCUT2D eigenvalue weighted by atomic mass is 16.6. The molecule has 1 fully saturated rings. The minimum atomic E-state index is -0.943. The van der Waals surface area contributed by atoms with E-state index in [-0.39, 0.29) is 24.2 Å². The first-order chi connectivity index (χ1) is 22.4. The molecule has 3 amide bonds. The molecule has 4 aromatic rings. The molecule has 0 radical (unpaired) electrons. The molecule has 0 saturated heterocycles. The first kappa shape index (κ1) is 33.6. The van der Waals surface area contributed by atoms with Gasteiger partial charge in [0.15, 0.2) is 0 Å². The Labute approximate surface area is 275 Å². The van der Waals surface area contributed by atoms with Crippen molar-refractivity contribution in [3.05, 3.63) is 72.1 Å². The van der Waals surface area contributed by atoms with Gasteiger partial charge in [0, 0.05) is 35.2 Å². The number of carbonyl (C=O) groups excluding carboxylic acids is 3. The van der Waals surface area contributed by atoms with Crippen LogP contribution in [0.1, 0.15) is 57.7 Å². The second kappa shape index (κ2) is 14.3. The molecule has 11 heteroatoms. The topological polar surface area (TPSA) is 153 Å².